The van der Waals surface area contributed by atoms with Gasteiger partial charge in [-0.1, -0.05) is 0 Å². The summed E-state index contributed by atoms with van der Waals surface area (Å²) in [5.74, 6) is 0.654. The molecule has 1 N–H and O–H groups in total. The lowest BCUT2D eigenvalue weighted by atomic mass is 9.99. The van der Waals surface area contributed by atoms with E-state index in [-0.39, 0.29) is 12.1 Å². The van der Waals surface area contributed by atoms with E-state index in [2.05, 4.69) is 18.3 Å². The Morgan fingerprint density at radius 3 is 2.84 bits per heavy atom. The summed E-state index contributed by atoms with van der Waals surface area (Å²) in [7, 11) is -2.78. The van der Waals surface area contributed by atoms with E-state index in [1.165, 1.54) is 36.1 Å². The number of nitrogens with one attached hydrogen (secondary N) is 1. The molecule has 1 aromatic rings. The maximum absolute atomic E-state index is 11.5. The smallest absolute Gasteiger partial charge is 0.151 e. The zero-order valence-corrected chi connectivity index (χ0v) is 12.9. The Hall–Kier alpha value is -0.390. The number of fused-ring (bicyclic) bond motifs is 1. The SMILES string of the molecule is CC(NC1CCS(=O)(=O)C1)c1cc2c(s1)CCCC2. The van der Waals surface area contributed by atoms with Crippen LogP contribution >= 0.6 is 11.3 Å². The molecule has 0 amide bonds. The topological polar surface area (TPSA) is 46.2 Å². The number of hydrogen-bond acceptors (Lipinski definition) is 4. The Bertz CT molecular complexity index is 539. The number of hydrogen-bond donors (Lipinski definition) is 1. The van der Waals surface area contributed by atoms with E-state index in [1.54, 1.807) is 4.88 Å². The van der Waals surface area contributed by atoms with Gasteiger partial charge in [0.2, 0.25) is 0 Å². The molecule has 3 rings (SSSR count). The predicted molar refractivity (Wildman–Crippen MR) is 79.6 cm³/mol. The molecule has 19 heavy (non-hydrogen) atoms. The van der Waals surface area contributed by atoms with Gasteiger partial charge in [-0.05, 0) is 50.7 Å². The average molecular weight is 299 g/mol. The second kappa shape index (κ2) is 5.19. The second-order valence-electron chi connectivity index (χ2n) is 5.79. The summed E-state index contributed by atoms with van der Waals surface area (Å²) in [4.78, 5) is 2.92. The lowest BCUT2D eigenvalue weighted by Gasteiger charge is -2.17. The van der Waals surface area contributed by atoms with Gasteiger partial charge in [-0.15, -0.1) is 11.3 Å². The molecule has 0 saturated carbocycles. The van der Waals surface area contributed by atoms with Gasteiger partial charge in [0, 0.05) is 21.8 Å². The highest BCUT2D eigenvalue weighted by atomic mass is 32.2. The molecular weight excluding hydrogens is 278 g/mol. The third kappa shape index (κ3) is 3.03. The van der Waals surface area contributed by atoms with Gasteiger partial charge in [0.05, 0.1) is 11.5 Å². The maximum Gasteiger partial charge on any atom is 0.151 e. The van der Waals surface area contributed by atoms with Crippen LogP contribution in [0.15, 0.2) is 6.07 Å². The quantitative estimate of drug-likeness (QED) is 0.932. The first-order valence-electron chi connectivity index (χ1n) is 7.11. The number of aryl methyl sites for hydroxylation is 2. The molecule has 1 fully saturated rings. The minimum atomic E-state index is -2.78. The Kier molecular flexibility index (Phi) is 3.71. The lowest BCUT2D eigenvalue weighted by Crippen LogP contribution is -2.32. The van der Waals surface area contributed by atoms with Crippen LogP contribution in [0.2, 0.25) is 0 Å². The molecule has 0 bridgehead atoms. The highest BCUT2D eigenvalue weighted by molar-refractivity contribution is 7.91. The normalized spacial score (nSPS) is 27.1. The van der Waals surface area contributed by atoms with E-state index in [4.69, 9.17) is 0 Å². The standard InChI is InChI=1S/C14H21NO2S2/c1-10(15-12-6-7-19(16,17)9-12)14-8-11-4-2-3-5-13(11)18-14/h8,10,12,15H,2-7,9H2,1H3. The molecule has 2 heterocycles. The van der Waals surface area contributed by atoms with E-state index < -0.39 is 9.84 Å². The lowest BCUT2D eigenvalue weighted by molar-refractivity contribution is 0.489. The Balaban J connectivity index is 1.67. The minimum Gasteiger partial charge on any atom is -0.306 e. The third-order valence-electron chi connectivity index (χ3n) is 4.16. The summed E-state index contributed by atoms with van der Waals surface area (Å²) in [6, 6.07) is 2.74. The van der Waals surface area contributed by atoms with Gasteiger partial charge in [-0.2, -0.15) is 0 Å². The molecule has 5 heteroatoms. The summed E-state index contributed by atoms with van der Waals surface area (Å²) in [5.41, 5.74) is 1.53. The monoisotopic (exact) mass is 299 g/mol. The van der Waals surface area contributed by atoms with Crippen LogP contribution in [-0.4, -0.2) is 26.0 Å². The van der Waals surface area contributed by atoms with E-state index in [9.17, 15) is 8.42 Å². The van der Waals surface area contributed by atoms with Crippen LogP contribution in [0.25, 0.3) is 0 Å². The molecule has 2 aliphatic rings. The first-order chi connectivity index (χ1) is 9.03. The van der Waals surface area contributed by atoms with Gasteiger partial charge in [-0.25, -0.2) is 8.42 Å². The molecule has 2 unspecified atom stereocenters. The van der Waals surface area contributed by atoms with Crippen LogP contribution in [0.4, 0.5) is 0 Å². The summed E-state index contributed by atoms with van der Waals surface area (Å²) in [6.45, 7) is 2.15. The largest absolute Gasteiger partial charge is 0.306 e. The molecule has 0 spiro atoms. The summed E-state index contributed by atoms with van der Waals surface area (Å²) >= 11 is 1.91. The zero-order chi connectivity index (χ0) is 13.5. The zero-order valence-electron chi connectivity index (χ0n) is 11.3. The predicted octanol–water partition coefficient (Wildman–Crippen LogP) is 2.46. The van der Waals surface area contributed by atoms with Crippen molar-refractivity contribution in [2.24, 2.45) is 0 Å². The molecule has 1 aliphatic heterocycles. The van der Waals surface area contributed by atoms with Crippen LogP contribution in [0.1, 0.15) is 47.5 Å². The second-order valence-corrected chi connectivity index (χ2v) is 9.19. The molecule has 0 radical (unpaired) electrons. The van der Waals surface area contributed by atoms with Crippen LogP contribution in [-0.2, 0) is 22.7 Å². The van der Waals surface area contributed by atoms with Crippen molar-refractivity contribution in [3.8, 4) is 0 Å². The van der Waals surface area contributed by atoms with Crippen LogP contribution in [0.3, 0.4) is 0 Å². The van der Waals surface area contributed by atoms with Gasteiger partial charge in [0.15, 0.2) is 9.84 Å². The van der Waals surface area contributed by atoms with Crippen molar-refractivity contribution in [1.29, 1.82) is 0 Å². The first kappa shape index (κ1) is 13.6. The molecule has 3 nitrogen and oxygen atoms in total. The van der Waals surface area contributed by atoms with E-state index in [1.807, 2.05) is 11.3 Å². The molecular formula is C14H21NO2S2. The number of rotatable bonds is 3. The van der Waals surface area contributed by atoms with Crippen LogP contribution in [0.5, 0.6) is 0 Å². The molecule has 1 saturated heterocycles. The first-order valence-corrected chi connectivity index (χ1v) is 9.75. The Labute approximate surface area is 119 Å². The number of thiophene rings is 1. The molecule has 0 aromatic carbocycles. The van der Waals surface area contributed by atoms with E-state index in [0.717, 1.165) is 6.42 Å². The Morgan fingerprint density at radius 2 is 2.16 bits per heavy atom. The van der Waals surface area contributed by atoms with Crippen molar-refractivity contribution in [2.75, 3.05) is 11.5 Å². The average Bonchev–Trinajstić information content (AvgIpc) is 2.92. The van der Waals surface area contributed by atoms with Crippen molar-refractivity contribution >= 4 is 21.2 Å². The molecule has 106 valence electrons. The maximum atomic E-state index is 11.5. The van der Waals surface area contributed by atoms with Crippen molar-refractivity contribution in [2.45, 2.75) is 51.1 Å². The summed E-state index contributed by atoms with van der Waals surface area (Å²) in [5, 5.41) is 3.49. The highest BCUT2D eigenvalue weighted by Gasteiger charge is 2.29. The fraction of sp³-hybridized carbons (Fsp3) is 0.714. The van der Waals surface area contributed by atoms with Gasteiger partial charge >= 0.3 is 0 Å². The van der Waals surface area contributed by atoms with Crippen molar-refractivity contribution < 1.29 is 8.42 Å². The summed E-state index contributed by atoms with van der Waals surface area (Å²) in [6.07, 6.45) is 5.83. The van der Waals surface area contributed by atoms with Crippen molar-refractivity contribution in [3.63, 3.8) is 0 Å². The van der Waals surface area contributed by atoms with Crippen LogP contribution in [0, 0.1) is 0 Å². The van der Waals surface area contributed by atoms with Crippen LogP contribution < -0.4 is 5.32 Å². The summed E-state index contributed by atoms with van der Waals surface area (Å²) < 4.78 is 23.0. The van der Waals surface area contributed by atoms with Gasteiger partial charge < -0.3 is 5.32 Å². The van der Waals surface area contributed by atoms with E-state index in [0.29, 0.717) is 11.5 Å². The third-order valence-corrected chi connectivity index (χ3v) is 7.35. The van der Waals surface area contributed by atoms with Gasteiger partial charge in [0.25, 0.3) is 0 Å². The molecule has 1 aromatic heterocycles. The van der Waals surface area contributed by atoms with E-state index >= 15 is 0 Å². The van der Waals surface area contributed by atoms with Crippen molar-refractivity contribution in [1.82, 2.24) is 5.32 Å². The van der Waals surface area contributed by atoms with Gasteiger partial charge in [-0.3, -0.25) is 0 Å². The minimum absolute atomic E-state index is 0.138. The van der Waals surface area contributed by atoms with Gasteiger partial charge in [0.1, 0.15) is 0 Å². The fourth-order valence-corrected chi connectivity index (χ4v) is 6.04. The molecule has 2 atom stereocenters. The highest BCUT2D eigenvalue weighted by Crippen LogP contribution is 2.33. The number of sulfone groups is 1. The Morgan fingerprint density at radius 1 is 1.37 bits per heavy atom. The fourth-order valence-electron chi connectivity index (χ4n) is 3.09. The molecule has 1 aliphatic carbocycles. The van der Waals surface area contributed by atoms with Crippen molar-refractivity contribution in [3.05, 3.63) is 21.4 Å².